The van der Waals surface area contributed by atoms with Crippen LogP contribution in [0.4, 0.5) is 17.1 Å². The van der Waals surface area contributed by atoms with Crippen LogP contribution in [0.2, 0.25) is 0 Å². The van der Waals surface area contributed by atoms with Crippen LogP contribution in [0.1, 0.15) is 0 Å². The lowest BCUT2D eigenvalue weighted by molar-refractivity contribution is 0.669. The molecule has 0 saturated carbocycles. The van der Waals surface area contributed by atoms with Gasteiger partial charge in [-0.3, -0.25) is 0 Å². The molecule has 1 aromatic heterocycles. The van der Waals surface area contributed by atoms with Gasteiger partial charge in [0.15, 0.2) is 0 Å². The van der Waals surface area contributed by atoms with E-state index < -0.39 is 0 Å². The summed E-state index contributed by atoms with van der Waals surface area (Å²) in [6.07, 6.45) is 0. The maximum atomic E-state index is 6.38. The highest BCUT2D eigenvalue weighted by molar-refractivity contribution is 6.12. The Kier molecular flexibility index (Phi) is 7.53. The quantitative estimate of drug-likeness (QED) is 0.160. The zero-order valence-corrected chi connectivity index (χ0v) is 30.6. The first-order chi connectivity index (χ1) is 27.7. The molecule has 0 radical (unpaired) electrons. The van der Waals surface area contributed by atoms with Crippen LogP contribution < -0.4 is 4.90 Å². The molecule has 0 bridgehead atoms. The van der Waals surface area contributed by atoms with Crippen LogP contribution in [-0.4, -0.2) is 0 Å². The lowest BCUT2D eigenvalue weighted by atomic mass is 9.93. The molecule has 0 aliphatic rings. The monoisotopic (exact) mass is 713 g/mol. The minimum Gasteiger partial charge on any atom is -0.456 e. The third-order valence-corrected chi connectivity index (χ3v) is 11.3. The molecular formula is C54H35NO. The van der Waals surface area contributed by atoms with E-state index in [1.54, 1.807) is 0 Å². The molecule has 0 saturated heterocycles. The summed E-state index contributed by atoms with van der Waals surface area (Å²) in [5, 5.41) is 9.83. The number of nitrogens with zero attached hydrogens (tertiary/aromatic N) is 1. The Bertz CT molecular complexity index is 3240. The van der Waals surface area contributed by atoms with Gasteiger partial charge < -0.3 is 9.32 Å². The van der Waals surface area contributed by atoms with Gasteiger partial charge in [0, 0.05) is 33.9 Å². The number of hydrogen-bond donors (Lipinski definition) is 0. The van der Waals surface area contributed by atoms with Gasteiger partial charge in [-0.15, -0.1) is 0 Å². The molecule has 0 N–H and O–H groups in total. The highest BCUT2D eigenvalue weighted by Crippen LogP contribution is 2.41. The van der Waals surface area contributed by atoms with Crippen LogP contribution >= 0.6 is 0 Å². The summed E-state index contributed by atoms with van der Waals surface area (Å²) in [6, 6.07) is 76.5. The Morgan fingerprint density at radius 2 is 0.804 bits per heavy atom. The molecule has 2 nitrogen and oxygen atoms in total. The third-order valence-electron chi connectivity index (χ3n) is 11.3. The van der Waals surface area contributed by atoms with Crippen LogP contribution in [0, 0.1) is 0 Å². The fourth-order valence-corrected chi connectivity index (χ4v) is 8.53. The molecule has 0 spiro atoms. The predicted octanol–water partition coefficient (Wildman–Crippen LogP) is 15.5. The molecule has 56 heavy (non-hydrogen) atoms. The summed E-state index contributed by atoms with van der Waals surface area (Å²) < 4.78 is 6.38. The van der Waals surface area contributed by atoms with E-state index in [1.807, 2.05) is 12.1 Å². The van der Waals surface area contributed by atoms with Crippen molar-refractivity contribution in [3.8, 4) is 33.4 Å². The minimum absolute atomic E-state index is 0.871. The Morgan fingerprint density at radius 1 is 0.268 bits per heavy atom. The van der Waals surface area contributed by atoms with E-state index in [0.717, 1.165) is 39.0 Å². The van der Waals surface area contributed by atoms with Crippen molar-refractivity contribution in [3.05, 3.63) is 212 Å². The van der Waals surface area contributed by atoms with E-state index in [-0.39, 0.29) is 0 Å². The average Bonchev–Trinajstić information content (AvgIpc) is 3.64. The van der Waals surface area contributed by atoms with Crippen LogP contribution in [0.25, 0.3) is 87.6 Å². The van der Waals surface area contributed by atoms with E-state index in [2.05, 4.69) is 205 Å². The first-order valence-electron chi connectivity index (χ1n) is 19.2. The molecule has 1 heterocycles. The summed E-state index contributed by atoms with van der Waals surface area (Å²) in [7, 11) is 0. The maximum absolute atomic E-state index is 6.38. The first kappa shape index (κ1) is 32.0. The Morgan fingerprint density at radius 3 is 1.61 bits per heavy atom. The second-order valence-electron chi connectivity index (χ2n) is 14.5. The number of furan rings is 1. The van der Waals surface area contributed by atoms with Crippen molar-refractivity contribution in [2.24, 2.45) is 0 Å². The van der Waals surface area contributed by atoms with E-state index in [4.69, 9.17) is 4.42 Å². The molecule has 10 aromatic carbocycles. The highest BCUT2D eigenvalue weighted by atomic mass is 16.3. The zero-order valence-electron chi connectivity index (χ0n) is 30.6. The van der Waals surface area contributed by atoms with E-state index in [1.165, 1.54) is 65.7 Å². The number of para-hydroxylation sites is 1. The summed E-state index contributed by atoms with van der Waals surface area (Å²) in [4.78, 5) is 2.32. The summed E-state index contributed by atoms with van der Waals surface area (Å²) in [5.74, 6) is 0. The van der Waals surface area contributed by atoms with E-state index in [9.17, 15) is 0 Å². The van der Waals surface area contributed by atoms with Crippen molar-refractivity contribution in [2.45, 2.75) is 0 Å². The fraction of sp³-hybridized carbons (Fsp3) is 0. The number of fused-ring (bicyclic) bond motifs is 7. The molecule has 0 aliphatic carbocycles. The lowest BCUT2D eigenvalue weighted by Gasteiger charge is -2.26. The largest absolute Gasteiger partial charge is 0.456 e. The number of anilines is 3. The smallest absolute Gasteiger partial charge is 0.137 e. The number of hydrogen-bond acceptors (Lipinski definition) is 2. The van der Waals surface area contributed by atoms with E-state index >= 15 is 0 Å². The average molecular weight is 714 g/mol. The highest BCUT2D eigenvalue weighted by Gasteiger charge is 2.17. The van der Waals surface area contributed by atoms with Crippen molar-refractivity contribution in [2.75, 3.05) is 4.90 Å². The van der Waals surface area contributed by atoms with Crippen molar-refractivity contribution in [1.29, 1.82) is 0 Å². The molecule has 0 unspecified atom stereocenters. The van der Waals surface area contributed by atoms with Crippen LogP contribution in [-0.2, 0) is 0 Å². The first-order valence-corrected chi connectivity index (χ1v) is 19.2. The molecule has 11 rings (SSSR count). The molecule has 262 valence electrons. The number of rotatable bonds is 6. The van der Waals surface area contributed by atoms with E-state index in [0.29, 0.717) is 0 Å². The maximum Gasteiger partial charge on any atom is 0.137 e. The van der Waals surface area contributed by atoms with Gasteiger partial charge in [0.25, 0.3) is 0 Å². The van der Waals surface area contributed by atoms with Crippen LogP contribution in [0.3, 0.4) is 0 Å². The van der Waals surface area contributed by atoms with Gasteiger partial charge in [0.05, 0.1) is 0 Å². The Labute approximate surface area is 325 Å². The molecule has 0 fully saturated rings. The molecule has 2 heteroatoms. The molecule has 0 amide bonds. The second kappa shape index (κ2) is 13.2. The normalized spacial score (nSPS) is 11.6. The van der Waals surface area contributed by atoms with Gasteiger partial charge in [-0.1, -0.05) is 158 Å². The van der Waals surface area contributed by atoms with Crippen LogP contribution in [0.5, 0.6) is 0 Å². The molecular weight excluding hydrogens is 679 g/mol. The molecule has 0 atom stereocenters. The predicted molar refractivity (Wildman–Crippen MR) is 237 cm³/mol. The van der Waals surface area contributed by atoms with Crippen molar-refractivity contribution >= 4 is 71.3 Å². The molecule has 0 aliphatic heterocycles. The Balaban J connectivity index is 0.988. The minimum atomic E-state index is 0.871. The zero-order chi connectivity index (χ0) is 37.0. The second-order valence-corrected chi connectivity index (χ2v) is 14.5. The summed E-state index contributed by atoms with van der Waals surface area (Å²) >= 11 is 0. The van der Waals surface area contributed by atoms with Crippen LogP contribution in [0.15, 0.2) is 217 Å². The standard InChI is InChI=1S/C54H35NO/c1-3-15-45-37(10-1)12-8-18-46(45)39-24-29-43(30-25-39)55(44-31-33-52-51-17-5-6-21-53(51)56-54(52)35-44)42-27-22-36(23-28-42)40-13-7-14-41(34-40)48-19-9-20-49-47-16-4-2-11-38(47)26-32-50(48)49/h1-35H. The topological polar surface area (TPSA) is 16.4 Å². The number of benzene rings is 10. The lowest BCUT2D eigenvalue weighted by Crippen LogP contribution is -2.09. The van der Waals surface area contributed by atoms with Gasteiger partial charge in [-0.2, -0.15) is 0 Å². The van der Waals surface area contributed by atoms with Crippen molar-refractivity contribution < 1.29 is 4.42 Å². The Hall–Kier alpha value is -7.42. The van der Waals surface area contributed by atoms with Gasteiger partial charge in [0.2, 0.25) is 0 Å². The fourth-order valence-electron chi connectivity index (χ4n) is 8.53. The van der Waals surface area contributed by atoms with Crippen molar-refractivity contribution in [3.63, 3.8) is 0 Å². The SMILES string of the molecule is c1cc(-c2ccc(N(c3ccc(-c4cccc5ccccc45)cc3)c3ccc4c(c3)oc3ccccc34)cc2)cc(-c2cccc3c2ccc2ccccc23)c1. The van der Waals surface area contributed by atoms with Gasteiger partial charge >= 0.3 is 0 Å². The summed E-state index contributed by atoms with van der Waals surface area (Å²) in [6.45, 7) is 0. The van der Waals surface area contributed by atoms with Gasteiger partial charge in [-0.25, -0.2) is 0 Å². The van der Waals surface area contributed by atoms with Gasteiger partial charge in [-0.05, 0) is 114 Å². The third kappa shape index (κ3) is 5.42. The summed E-state index contributed by atoms with van der Waals surface area (Å²) in [5.41, 5.74) is 12.2. The van der Waals surface area contributed by atoms with Gasteiger partial charge in [0.1, 0.15) is 11.2 Å². The van der Waals surface area contributed by atoms with Crippen molar-refractivity contribution in [1.82, 2.24) is 0 Å². The molecule has 11 aromatic rings.